The van der Waals surface area contributed by atoms with Gasteiger partial charge >= 0.3 is 5.97 Å². The quantitative estimate of drug-likeness (QED) is 0.737. The smallest absolute Gasteiger partial charge is 0.313 e. The second-order valence-corrected chi connectivity index (χ2v) is 5.77. The zero-order valence-electron chi connectivity index (χ0n) is 10.4. The lowest BCUT2D eigenvalue weighted by Gasteiger charge is -2.51. The minimum Gasteiger partial charge on any atom is -0.481 e. The fourth-order valence-electron chi connectivity index (χ4n) is 2.00. The molecule has 98 valence electrons. The Morgan fingerprint density at radius 2 is 2.12 bits per heavy atom. The molecule has 1 aliphatic rings. The van der Waals surface area contributed by atoms with Crippen LogP contribution in [0, 0.1) is 5.41 Å². The fourth-order valence-corrected chi connectivity index (χ4v) is 2.54. The number of methoxy groups -OCH3 is 1. The van der Waals surface area contributed by atoms with Crippen LogP contribution in [-0.2, 0) is 14.3 Å². The number of hydrogen-bond donors (Lipinski definition) is 2. The average molecular weight is 261 g/mol. The van der Waals surface area contributed by atoms with Gasteiger partial charge in [0.05, 0.1) is 17.6 Å². The number of nitrogens with one attached hydrogen (secondary N) is 1. The van der Waals surface area contributed by atoms with E-state index in [0.29, 0.717) is 0 Å². The molecule has 1 aliphatic carbocycles. The molecule has 0 bridgehead atoms. The van der Waals surface area contributed by atoms with Crippen LogP contribution in [0.15, 0.2) is 0 Å². The first-order chi connectivity index (χ1) is 7.87. The number of thioether (sulfide) groups is 1. The van der Waals surface area contributed by atoms with Crippen LogP contribution in [0.5, 0.6) is 0 Å². The molecule has 1 rings (SSSR count). The van der Waals surface area contributed by atoms with E-state index in [4.69, 9.17) is 9.84 Å². The van der Waals surface area contributed by atoms with Crippen molar-refractivity contribution in [2.75, 3.05) is 18.6 Å². The van der Waals surface area contributed by atoms with Gasteiger partial charge in [-0.25, -0.2) is 0 Å². The molecule has 5 nitrogen and oxygen atoms in total. The number of carbonyl (C=O) groups is 2. The van der Waals surface area contributed by atoms with E-state index in [1.54, 1.807) is 7.11 Å². The summed E-state index contributed by atoms with van der Waals surface area (Å²) in [5.41, 5.74) is -0.0537. The highest BCUT2D eigenvalue weighted by molar-refractivity contribution is 8.00. The van der Waals surface area contributed by atoms with Gasteiger partial charge in [-0.3, -0.25) is 9.59 Å². The van der Waals surface area contributed by atoms with Crippen molar-refractivity contribution in [3.8, 4) is 0 Å². The van der Waals surface area contributed by atoms with Crippen molar-refractivity contribution in [3.05, 3.63) is 0 Å². The van der Waals surface area contributed by atoms with Crippen LogP contribution in [0.1, 0.15) is 20.3 Å². The summed E-state index contributed by atoms with van der Waals surface area (Å²) in [6, 6.07) is 0.116. The number of hydrogen-bond acceptors (Lipinski definition) is 4. The Morgan fingerprint density at radius 3 is 2.59 bits per heavy atom. The Balaban J connectivity index is 2.26. The summed E-state index contributed by atoms with van der Waals surface area (Å²) in [5.74, 6) is -0.853. The van der Waals surface area contributed by atoms with Gasteiger partial charge in [0, 0.05) is 18.6 Å². The zero-order valence-corrected chi connectivity index (χ0v) is 11.2. The predicted octanol–water partition coefficient (Wildman–Crippen LogP) is 0.734. The minimum absolute atomic E-state index is 0.0395. The standard InChI is InChI=1S/C11H19NO4S/c1-11(2)7(4-8(11)16-3)12-9(13)5-17-6-10(14)15/h7-8H,4-6H2,1-3H3,(H,12,13)(H,14,15). The van der Waals surface area contributed by atoms with Crippen molar-refractivity contribution in [1.29, 1.82) is 0 Å². The van der Waals surface area contributed by atoms with Crippen molar-refractivity contribution in [3.63, 3.8) is 0 Å². The molecule has 17 heavy (non-hydrogen) atoms. The van der Waals surface area contributed by atoms with Gasteiger partial charge in [0.25, 0.3) is 0 Å². The van der Waals surface area contributed by atoms with Gasteiger partial charge in [-0.1, -0.05) is 13.8 Å². The molecule has 1 fully saturated rings. The van der Waals surface area contributed by atoms with E-state index in [9.17, 15) is 9.59 Å². The predicted molar refractivity (Wildman–Crippen MR) is 66.1 cm³/mol. The summed E-state index contributed by atoms with van der Waals surface area (Å²) in [6.45, 7) is 4.11. The Kier molecular flexibility index (Phi) is 4.82. The number of carboxylic acid groups (broad SMARTS) is 1. The molecule has 0 aromatic rings. The summed E-state index contributed by atoms with van der Waals surface area (Å²) in [6.07, 6.45) is 0.998. The molecule has 2 unspecified atom stereocenters. The second-order valence-electron chi connectivity index (χ2n) is 4.79. The molecular weight excluding hydrogens is 242 g/mol. The second kappa shape index (κ2) is 5.73. The highest BCUT2D eigenvalue weighted by Gasteiger charge is 2.49. The molecule has 0 aromatic carbocycles. The van der Waals surface area contributed by atoms with Crippen LogP contribution in [0.2, 0.25) is 0 Å². The van der Waals surface area contributed by atoms with Crippen LogP contribution in [0.3, 0.4) is 0 Å². The van der Waals surface area contributed by atoms with Gasteiger partial charge in [-0.2, -0.15) is 0 Å². The van der Waals surface area contributed by atoms with E-state index in [1.165, 1.54) is 0 Å². The molecule has 1 amide bonds. The van der Waals surface area contributed by atoms with Crippen molar-refractivity contribution in [2.45, 2.75) is 32.4 Å². The molecule has 0 spiro atoms. The van der Waals surface area contributed by atoms with Crippen LogP contribution < -0.4 is 5.32 Å². The average Bonchev–Trinajstić information content (AvgIpc) is 2.23. The van der Waals surface area contributed by atoms with Gasteiger partial charge in [0.2, 0.25) is 5.91 Å². The van der Waals surface area contributed by atoms with E-state index >= 15 is 0 Å². The van der Waals surface area contributed by atoms with Crippen LogP contribution in [0.4, 0.5) is 0 Å². The lowest BCUT2D eigenvalue weighted by molar-refractivity contribution is -0.133. The molecule has 2 atom stereocenters. The summed E-state index contributed by atoms with van der Waals surface area (Å²) in [7, 11) is 1.67. The lowest BCUT2D eigenvalue weighted by atomic mass is 9.64. The molecule has 6 heteroatoms. The third-order valence-electron chi connectivity index (χ3n) is 3.26. The largest absolute Gasteiger partial charge is 0.481 e. The maximum Gasteiger partial charge on any atom is 0.313 e. The molecule has 0 saturated heterocycles. The highest BCUT2D eigenvalue weighted by Crippen LogP contribution is 2.42. The maximum atomic E-state index is 11.5. The molecular formula is C11H19NO4S. The first-order valence-electron chi connectivity index (χ1n) is 5.49. The number of carbonyl (C=O) groups excluding carboxylic acids is 1. The van der Waals surface area contributed by atoms with E-state index in [-0.39, 0.29) is 35.0 Å². The number of rotatable bonds is 6. The van der Waals surface area contributed by atoms with E-state index in [2.05, 4.69) is 19.2 Å². The number of aliphatic carboxylic acids is 1. The van der Waals surface area contributed by atoms with E-state index in [1.807, 2.05) is 0 Å². The van der Waals surface area contributed by atoms with Crippen LogP contribution in [-0.4, -0.2) is 47.7 Å². The maximum absolute atomic E-state index is 11.5. The van der Waals surface area contributed by atoms with Gasteiger partial charge in [0.1, 0.15) is 0 Å². The van der Waals surface area contributed by atoms with Crippen LogP contribution in [0.25, 0.3) is 0 Å². The first-order valence-corrected chi connectivity index (χ1v) is 6.65. The lowest BCUT2D eigenvalue weighted by Crippen LogP contribution is -2.62. The Labute approximate surface area is 105 Å². The molecule has 0 radical (unpaired) electrons. The third kappa shape index (κ3) is 3.61. The summed E-state index contributed by atoms with van der Waals surface area (Å²) in [4.78, 5) is 21.8. The van der Waals surface area contributed by atoms with Crippen LogP contribution >= 0.6 is 11.8 Å². The van der Waals surface area contributed by atoms with Crippen molar-refractivity contribution < 1.29 is 19.4 Å². The van der Waals surface area contributed by atoms with Gasteiger partial charge in [-0.05, 0) is 6.42 Å². The highest BCUT2D eigenvalue weighted by atomic mass is 32.2. The fraction of sp³-hybridized carbons (Fsp3) is 0.818. The van der Waals surface area contributed by atoms with E-state index in [0.717, 1.165) is 18.2 Å². The summed E-state index contributed by atoms with van der Waals surface area (Å²) >= 11 is 1.11. The number of carboxylic acids is 1. The Bertz CT molecular complexity index is 306. The molecule has 0 aliphatic heterocycles. The summed E-state index contributed by atoms with van der Waals surface area (Å²) < 4.78 is 5.29. The molecule has 0 heterocycles. The SMILES string of the molecule is COC1CC(NC(=O)CSCC(=O)O)C1(C)C. The molecule has 1 saturated carbocycles. The van der Waals surface area contributed by atoms with E-state index < -0.39 is 5.97 Å². The Hall–Kier alpha value is -0.750. The van der Waals surface area contributed by atoms with Gasteiger partial charge in [-0.15, -0.1) is 11.8 Å². The van der Waals surface area contributed by atoms with Crippen molar-refractivity contribution in [2.24, 2.45) is 5.41 Å². The van der Waals surface area contributed by atoms with Crippen molar-refractivity contribution >= 4 is 23.6 Å². The number of ether oxygens (including phenoxy) is 1. The molecule has 2 N–H and O–H groups in total. The van der Waals surface area contributed by atoms with Gasteiger partial charge < -0.3 is 15.2 Å². The monoisotopic (exact) mass is 261 g/mol. The summed E-state index contributed by atoms with van der Waals surface area (Å²) in [5, 5.41) is 11.4. The molecule has 0 aromatic heterocycles. The first kappa shape index (κ1) is 14.3. The normalized spacial score (nSPS) is 26.1. The minimum atomic E-state index is -0.897. The Morgan fingerprint density at radius 1 is 1.47 bits per heavy atom. The topological polar surface area (TPSA) is 75.6 Å². The zero-order chi connectivity index (χ0) is 13.1. The third-order valence-corrected chi connectivity index (χ3v) is 4.17. The van der Waals surface area contributed by atoms with Gasteiger partial charge in [0.15, 0.2) is 0 Å². The van der Waals surface area contributed by atoms with Crippen molar-refractivity contribution in [1.82, 2.24) is 5.32 Å². The number of amides is 1.